The summed E-state index contributed by atoms with van der Waals surface area (Å²) in [5.41, 5.74) is 2.12. The van der Waals surface area contributed by atoms with Gasteiger partial charge in [0, 0.05) is 5.92 Å². The number of rotatable bonds is 2. The van der Waals surface area contributed by atoms with Crippen LogP contribution in [0.15, 0.2) is 18.2 Å². The second kappa shape index (κ2) is 5.63. The fourth-order valence-corrected chi connectivity index (χ4v) is 2.70. The molecule has 2 rings (SSSR count). The Hall–Kier alpha value is -1.53. The lowest BCUT2D eigenvalue weighted by atomic mass is 10.2. The third kappa shape index (κ3) is 3.48. The SMILES string of the molecule is Cc1ccc2nc(NC(=S)NC(=O)C(C)C)sc2c1. The predicted molar refractivity (Wildman–Crippen MR) is 83.6 cm³/mol. The molecule has 4 nitrogen and oxygen atoms in total. The predicted octanol–water partition coefficient (Wildman–Crippen LogP) is 3.07. The summed E-state index contributed by atoms with van der Waals surface area (Å²) >= 11 is 6.60. The smallest absolute Gasteiger partial charge is 0.228 e. The van der Waals surface area contributed by atoms with Crippen molar-refractivity contribution in [3.8, 4) is 0 Å². The van der Waals surface area contributed by atoms with Crippen LogP contribution in [0.5, 0.6) is 0 Å². The molecule has 0 fully saturated rings. The number of benzene rings is 1. The second-order valence-corrected chi connectivity index (χ2v) is 6.03. The van der Waals surface area contributed by atoms with Crippen LogP contribution in [0.3, 0.4) is 0 Å². The number of carbonyl (C=O) groups is 1. The number of fused-ring (bicyclic) bond motifs is 1. The van der Waals surface area contributed by atoms with Crippen LogP contribution in [0, 0.1) is 12.8 Å². The van der Waals surface area contributed by atoms with E-state index >= 15 is 0 Å². The maximum absolute atomic E-state index is 11.5. The molecule has 6 heteroatoms. The van der Waals surface area contributed by atoms with Gasteiger partial charge >= 0.3 is 0 Å². The number of thiocarbonyl (C=S) groups is 1. The van der Waals surface area contributed by atoms with Crippen molar-refractivity contribution in [3.05, 3.63) is 23.8 Å². The average molecular weight is 293 g/mol. The minimum Gasteiger partial charge on any atom is -0.308 e. The molecule has 0 aliphatic rings. The maximum atomic E-state index is 11.5. The van der Waals surface area contributed by atoms with E-state index < -0.39 is 0 Å². The van der Waals surface area contributed by atoms with Gasteiger partial charge in [-0.3, -0.25) is 4.79 Å². The number of hydrogen-bond acceptors (Lipinski definition) is 4. The van der Waals surface area contributed by atoms with Crippen LogP contribution >= 0.6 is 23.6 Å². The molecule has 0 saturated heterocycles. The minimum absolute atomic E-state index is 0.0993. The van der Waals surface area contributed by atoms with Gasteiger partial charge in [0.05, 0.1) is 10.2 Å². The highest BCUT2D eigenvalue weighted by Gasteiger charge is 2.10. The highest BCUT2D eigenvalue weighted by molar-refractivity contribution is 7.80. The molecule has 1 heterocycles. The third-order valence-electron chi connectivity index (χ3n) is 2.53. The summed E-state index contributed by atoms with van der Waals surface area (Å²) in [4.78, 5) is 15.9. The van der Waals surface area contributed by atoms with Crippen LogP contribution in [0.25, 0.3) is 10.2 Å². The molecule has 0 spiro atoms. The first-order chi connectivity index (χ1) is 8.95. The Bertz CT molecular complexity index is 634. The Morgan fingerprint density at radius 3 is 2.84 bits per heavy atom. The Kier molecular flexibility index (Phi) is 4.11. The van der Waals surface area contributed by atoms with Crippen LogP contribution in [0.2, 0.25) is 0 Å². The Labute approximate surface area is 121 Å². The van der Waals surface area contributed by atoms with Crippen molar-refractivity contribution in [1.29, 1.82) is 0 Å². The van der Waals surface area contributed by atoms with Crippen molar-refractivity contribution in [2.45, 2.75) is 20.8 Å². The largest absolute Gasteiger partial charge is 0.308 e. The van der Waals surface area contributed by atoms with Crippen molar-refractivity contribution < 1.29 is 4.79 Å². The van der Waals surface area contributed by atoms with E-state index in [9.17, 15) is 4.79 Å². The molecule has 0 radical (unpaired) electrons. The van der Waals surface area contributed by atoms with Crippen LogP contribution in [0.4, 0.5) is 5.13 Å². The van der Waals surface area contributed by atoms with Crippen molar-refractivity contribution in [2.24, 2.45) is 5.92 Å². The van der Waals surface area contributed by atoms with E-state index in [4.69, 9.17) is 12.2 Å². The number of carbonyl (C=O) groups excluding carboxylic acids is 1. The van der Waals surface area contributed by atoms with Crippen molar-refractivity contribution in [3.63, 3.8) is 0 Å². The van der Waals surface area contributed by atoms with Gasteiger partial charge in [0.1, 0.15) is 0 Å². The summed E-state index contributed by atoms with van der Waals surface area (Å²) in [5, 5.41) is 6.55. The molecule has 19 heavy (non-hydrogen) atoms. The van der Waals surface area contributed by atoms with Crippen LogP contribution in [0.1, 0.15) is 19.4 Å². The van der Waals surface area contributed by atoms with Gasteiger partial charge in [-0.15, -0.1) is 0 Å². The van der Waals surface area contributed by atoms with E-state index in [1.807, 2.05) is 32.9 Å². The number of nitrogens with zero attached hydrogens (tertiary/aromatic N) is 1. The zero-order chi connectivity index (χ0) is 14.0. The normalized spacial score (nSPS) is 10.7. The Morgan fingerprint density at radius 2 is 2.16 bits per heavy atom. The van der Waals surface area contributed by atoms with E-state index in [0.29, 0.717) is 5.13 Å². The zero-order valence-corrected chi connectivity index (χ0v) is 12.6. The fourth-order valence-electron chi connectivity index (χ4n) is 1.47. The number of aromatic nitrogens is 1. The molecule has 100 valence electrons. The molecule has 2 aromatic rings. The van der Waals surface area contributed by atoms with Gasteiger partial charge in [-0.05, 0) is 36.8 Å². The quantitative estimate of drug-likeness (QED) is 0.836. The highest BCUT2D eigenvalue weighted by Crippen LogP contribution is 2.26. The first-order valence-electron chi connectivity index (χ1n) is 5.95. The highest BCUT2D eigenvalue weighted by atomic mass is 32.1. The number of hydrogen-bond donors (Lipinski definition) is 2. The molecule has 0 bridgehead atoms. The number of anilines is 1. The average Bonchev–Trinajstić information content (AvgIpc) is 2.69. The van der Waals surface area contributed by atoms with Crippen LogP contribution < -0.4 is 10.6 Å². The monoisotopic (exact) mass is 293 g/mol. The van der Waals surface area contributed by atoms with E-state index in [-0.39, 0.29) is 16.9 Å². The maximum Gasteiger partial charge on any atom is 0.228 e. The fraction of sp³-hybridized carbons (Fsp3) is 0.308. The van der Waals surface area contributed by atoms with E-state index in [0.717, 1.165) is 10.2 Å². The van der Waals surface area contributed by atoms with E-state index in [1.165, 1.54) is 16.9 Å². The number of amides is 1. The van der Waals surface area contributed by atoms with Crippen LogP contribution in [-0.2, 0) is 4.79 Å². The lowest BCUT2D eigenvalue weighted by Gasteiger charge is -2.08. The van der Waals surface area contributed by atoms with Gasteiger partial charge in [0.25, 0.3) is 0 Å². The Balaban J connectivity index is 2.09. The van der Waals surface area contributed by atoms with Gasteiger partial charge in [0.15, 0.2) is 10.2 Å². The molecule has 1 aromatic carbocycles. The minimum atomic E-state index is -0.102. The molecule has 0 saturated carbocycles. The van der Waals surface area contributed by atoms with Crippen molar-refractivity contribution in [2.75, 3.05) is 5.32 Å². The number of nitrogens with one attached hydrogen (secondary N) is 2. The molecular formula is C13H15N3OS2. The van der Waals surface area contributed by atoms with E-state index in [1.54, 1.807) is 0 Å². The third-order valence-corrected chi connectivity index (χ3v) is 3.66. The van der Waals surface area contributed by atoms with E-state index in [2.05, 4.69) is 21.7 Å². The van der Waals surface area contributed by atoms with Crippen molar-refractivity contribution in [1.82, 2.24) is 10.3 Å². The molecule has 0 aliphatic heterocycles. The second-order valence-electron chi connectivity index (χ2n) is 4.59. The molecule has 0 unspecified atom stereocenters. The van der Waals surface area contributed by atoms with Gasteiger partial charge < -0.3 is 10.6 Å². The number of aryl methyl sites for hydroxylation is 1. The molecule has 1 amide bonds. The molecule has 0 aliphatic carbocycles. The summed E-state index contributed by atoms with van der Waals surface area (Å²) in [7, 11) is 0. The van der Waals surface area contributed by atoms with Crippen LogP contribution in [-0.4, -0.2) is 16.0 Å². The summed E-state index contributed by atoms with van der Waals surface area (Å²) in [5.74, 6) is -0.202. The van der Waals surface area contributed by atoms with Gasteiger partial charge in [-0.25, -0.2) is 4.98 Å². The van der Waals surface area contributed by atoms with Gasteiger partial charge in [-0.2, -0.15) is 0 Å². The summed E-state index contributed by atoms with van der Waals surface area (Å²) in [6.07, 6.45) is 0. The van der Waals surface area contributed by atoms with Gasteiger partial charge in [-0.1, -0.05) is 31.3 Å². The Morgan fingerprint density at radius 1 is 1.42 bits per heavy atom. The molecule has 0 atom stereocenters. The van der Waals surface area contributed by atoms with Gasteiger partial charge in [0.2, 0.25) is 5.91 Å². The zero-order valence-electron chi connectivity index (χ0n) is 11.0. The molecular weight excluding hydrogens is 278 g/mol. The standard InChI is InChI=1S/C13H15N3OS2/c1-7(2)11(17)15-12(18)16-13-14-9-5-4-8(3)6-10(9)19-13/h4-7H,1-3H3,(H2,14,15,16,17,18). The topological polar surface area (TPSA) is 54.0 Å². The molecule has 2 N–H and O–H groups in total. The number of thiazole rings is 1. The summed E-state index contributed by atoms with van der Waals surface area (Å²) < 4.78 is 1.10. The molecule has 1 aromatic heterocycles. The first kappa shape index (κ1) is 13.9. The summed E-state index contributed by atoms with van der Waals surface area (Å²) in [6.45, 7) is 5.68. The first-order valence-corrected chi connectivity index (χ1v) is 7.17. The van der Waals surface area contributed by atoms with Crippen molar-refractivity contribution >= 4 is 49.9 Å². The summed E-state index contributed by atoms with van der Waals surface area (Å²) in [6, 6.07) is 6.07. The lowest BCUT2D eigenvalue weighted by Crippen LogP contribution is -2.36. The lowest BCUT2D eigenvalue weighted by molar-refractivity contribution is -0.122.